The third-order valence-corrected chi connectivity index (χ3v) is 2.45. The van der Waals surface area contributed by atoms with Gasteiger partial charge in [-0.25, -0.2) is 0 Å². The van der Waals surface area contributed by atoms with Crippen molar-refractivity contribution in [2.24, 2.45) is 0 Å². The lowest BCUT2D eigenvalue weighted by Gasteiger charge is -2.18. The van der Waals surface area contributed by atoms with Crippen molar-refractivity contribution in [2.75, 3.05) is 6.54 Å². The van der Waals surface area contributed by atoms with Crippen LogP contribution in [0.2, 0.25) is 0 Å². The van der Waals surface area contributed by atoms with E-state index < -0.39 is 28.7 Å². The summed E-state index contributed by atoms with van der Waals surface area (Å²) in [6, 6.07) is 3.19. The van der Waals surface area contributed by atoms with Crippen LogP contribution in [0, 0.1) is 10.1 Å². The van der Waals surface area contributed by atoms with E-state index in [1.165, 1.54) is 6.92 Å². The van der Waals surface area contributed by atoms with Crippen LogP contribution >= 0.6 is 0 Å². The molecule has 2 atom stereocenters. The highest BCUT2D eigenvalue weighted by molar-refractivity contribution is 5.72. The van der Waals surface area contributed by atoms with Gasteiger partial charge in [-0.05, 0) is 12.1 Å². The molecule has 1 aromatic rings. The SMILES string of the molecule is CC(=O)NCC(O)C(O)c1ccc(O)cc1[N+](=O)[O-]. The molecule has 0 heterocycles. The van der Waals surface area contributed by atoms with Crippen LogP contribution in [0.1, 0.15) is 18.6 Å². The Hall–Kier alpha value is -2.19. The third-order valence-electron chi connectivity index (χ3n) is 2.45. The summed E-state index contributed by atoms with van der Waals surface area (Å²) >= 11 is 0. The number of amides is 1. The zero-order valence-electron chi connectivity index (χ0n) is 10.1. The summed E-state index contributed by atoms with van der Waals surface area (Å²) < 4.78 is 0. The summed E-state index contributed by atoms with van der Waals surface area (Å²) in [6.07, 6.45) is -2.94. The summed E-state index contributed by atoms with van der Waals surface area (Å²) in [4.78, 5) is 20.7. The summed E-state index contributed by atoms with van der Waals surface area (Å²) in [5.41, 5.74) is -0.643. The zero-order valence-corrected chi connectivity index (χ0v) is 10.1. The Bertz CT molecular complexity index is 490. The van der Waals surface area contributed by atoms with Crippen LogP contribution in [0.15, 0.2) is 18.2 Å². The summed E-state index contributed by atoms with van der Waals surface area (Å²) in [6.45, 7) is 0.997. The molecule has 1 rings (SSSR count). The molecule has 0 aliphatic heterocycles. The van der Waals surface area contributed by atoms with Gasteiger partial charge in [-0.2, -0.15) is 0 Å². The second-order valence-electron chi connectivity index (χ2n) is 3.95. The van der Waals surface area contributed by atoms with Gasteiger partial charge >= 0.3 is 0 Å². The topological polar surface area (TPSA) is 133 Å². The van der Waals surface area contributed by atoms with Crippen LogP contribution in [-0.4, -0.2) is 38.8 Å². The molecular weight excluding hydrogens is 256 g/mol. The molecule has 8 nitrogen and oxygen atoms in total. The highest BCUT2D eigenvalue weighted by Gasteiger charge is 2.26. The minimum atomic E-state index is -1.55. The minimum Gasteiger partial charge on any atom is -0.508 e. The first-order valence-corrected chi connectivity index (χ1v) is 5.40. The molecule has 104 valence electrons. The number of nitrogens with zero attached hydrogens (tertiary/aromatic N) is 1. The lowest BCUT2D eigenvalue weighted by atomic mass is 10.0. The predicted octanol–water partition coefficient (Wildman–Crippen LogP) is -0.169. The molecule has 0 saturated carbocycles. The molecular formula is C11H14N2O6. The number of carbonyl (C=O) groups is 1. The van der Waals surface area contributed by atoms with Crippen LogP contribution < -0.4 is 5.32 Å². The molecule has 0 aliphatic carbocycles. The van der Waals surface area contributed by atoms with E-state index in [1.807, 2.05) is 0 Å². The fourth-order valence-corrected chi connectivity index (χ4v) is 1.51. The van der Waals surface area contributed by atoms with Crippen molar-refractivity contribution in [3.63, 3.8) is 0 Å². The normalized spacial score (nSPS) is 13.6. The van der Waals surface area contributed by atoms with Gasteiger partial charge in [0.1, 0.15) is 18.0 Å². The largest absolute Gasteiger partial charge is 0.508 e. The lowest BCUT2D eigenvalue weighted by Crippen LogP contribution is -2.34. The van der Waals surface area contributed by atoms with E-state index in [-0.39, 0.29) is 17.9 Å². The number of nitro groups is 1. The standard InChI is InChI=1S/C11H14N2O6/c1-6(14)12-5-10(16)11(17)8-3-2-7(15)4-9(8)13(18)19/h2-4,10-11,15-17H,5H2,1H3,(H,12,14). The first-order valence-electron chi connectivity index (χ1n) is 5.40. The number of hydrogen-bond acceptors (Lipinski definition) is 6. The van der Waals surface area contributed by atoms with Gasteiger partial charge in [0.2, 0.25) is 5.91 Å². The lowest BCUT2D eigenvalue weighted by molar-refractivity contribution is -0.386. The quantitative estimate of drug-likeness (QED) is 0.433. The maximum Gasteiger partial charge on any atom is 0.279 e. The van der Waals surface area contributed by atoms with Crippen molar-refractivity contribution in [1.29, 1.82) is 0 Å². The van der Waals surface area contributed by atoms with Crippen molar-refractivity contribution < 1.29 is 25.0 Å². The third kappa shape index (κ3) is 3.90. The van der Waals surface area contributed by atoms with Gasteiger partial charge in [-0.1, -0.05) is 0 Å². The molecule has 19 heavy (non-hydrogen) atoms. The number of nitro benzene ring substituents is 1. The number of benzene rings is 1. The number of nitrogens with one attached hydrogen (secondary N) is 1. The van der Waals surface area contributed by atoms with E-state index in [0.29, 0.717) is 0 Å². The average Bonchev–Trinajstić information content (AvgIpc) is 2.34. The fraction of sp³-hybridized carbons (Fsp3) is 0.364. The highest BCUT2D eigenvalue weighted by atomic mass is 16.6. The molecule has 0 radical (unpaired) electrons. The molecule has 0 spiro atoms. The molecule has 1 amide bonds. The van der Waals surface area contributed by atoms with Crippen LogP contribution in [-0.2, 0) is 4.79 Å². The van der Waals surface area contributed by atoms with Gasteiger partial charge in [0.15, 0.2) is 0 Å². The molecule has 0 bridgehead atoms. The van der Waals surface area contributed by atoms with Gasteiger partial charge in [-0.15, -0.1) is 0 Å². The first kappa shape index (κ1) is 14.9. The van der Waals surface area contributed by atoms with Gasteiger partial charge in [0.25, 0.3) is 5.69 Å². The van der Waals surface area contributed by atoms with E-state index in [1.54, 1.807) is 0 Å². The van der Waals surface area contributed by atoms with E-state index >= 15 is 0 Å². The maximum absolute atomic E-state index is 10.8. The summed E-state index contributed by atoms with van der Waals surface area (Å²) in [5, 5.41) is 41.7. The monoisotopic (exact) mass is 270 g/mol. The highest BCUT2D eigenvalue weighted by Crippen LogP contribution is 2.30. The average molecular weight is 270 g/mol. The Morgan fingerprint density at radius 3 is 2.63 bits per heavy atom. The Kier molecular flexibility index (Phi) is 4.79. The maximum atomic E-state index is 10.8. The van der Waals surface area contributed by atoms with Crippen LogP contribution in [0.3, 0.4) is 0 Å². The number of phenolic OH excluding ortho intramolecular Hbond substituents is 1. The fourth-order valence-electron chi connectivity index (χ4n) is 1.51. The molecule has 0 aromatic heterocycles. The zero-order chi connectivity index (χ0) is 14.6. The molecule has 2 unspecified atom stereocenters. The molecule has 1 aromatic carbocycles. The van der Waals surface area contributed by atoms with Crippen molar-refractivity contribution in [1.82, 2.24) is 5.32 Å². The minimum absolute atomic E-state index is 0.138. The van der Waals surface area contributed by atoms with Gasteiger partial charge in [0.05, 0.1) is 16.6 Å². The van der Waals surface area contributed by atoms with Crippen molar-refractivity contribution in [3.8, 4) is 5.75 Å². The number of carbonyl (C=O) groups excluding carboxylic acids is 1. The molecule has 0 saturated heterocycles. The van der Waals surface area contributed by atoms with E-state index in [9.17, 15) is 30.2 Å². The second kappa shape index (κ2) is 6.12. The second-order valence-corrected chi connectivity index (χ2v) is 3.95. The van der Waals surface area contributed by atoms with E-state index in [0.717, 1.165) is 18.2 Å². The Morgan fingerprint density at radius 1 is 1.47 bits per heavy atom. The summed E-state index contributed by atoms with van der Waals surface area (Å²) in [5.74, 6) is -0.717. The van der Waals surface area contributed by atoms with Gasteiger partial charge in [-0.3, -0.25) is 14.9 Å². The Balaban J connectivity index is 2.95. The van der Waals surface area contributed by atoms with Crippen LogP contribution in [0.25, 0.3) is 0 Å². The van der Waals surface area contributed by atoms with Crippen LogP contribution in [0.4, 0.5) is 5.69 Å². The number of aliphatic hydroxyl groups is 2. The smallest absolute Gasteiger partial charge is 0.279 e. The molecule has 4 N–H and O–H groups in total. The first-order chi connectivity index (χ1) is 8.82. The van der Waals surface area contributed by atoms with Crippen molar-refractivity contribution in [2.45, 2.75) is 19.1 Å². The van der Waals surface area contributed by atoms with Crippen LogP contribution in [0.5, 0.6) is 5.75 Å². The van der Waals surface area contributed by atoms with Crippen molar-refractivity contribution >= 4 is 11.6 Å². The molecule has 0 fully saturated rings. The van der Waals surface area contributed by atoms with Gasteiger partial charge in [0, 0.05) is 13.5 Å². The molecule has 8 heteroatoms. The predicted molar refractivity (Wildman–Crippen MR) is 64.4 cm³/mol. The van der Waals surface area contributed by atoms with Crippen molar-refractivity contribution in [3.05, 3.63) is 33.9 Å². The number of rotatable bonds is 5. The molecule has 0 aliphatic rings. The number of aliphatic hydroxyl groups excluding tert-OH is 2. The Morgan fingerprint density at radius 2 is 2.11 bits per heavy atom. The Labute approximate surface area is 108 Å². The summed E-state index contributed by atoms with van der Waals surface area (Å²) in [7, 11) is 0. The number of hydrogen-bond donors (Lipinski definition) is 4. The number of phenols is 1. The number of aromatic hydroxyl groups is 1. The van der Waals surface area contributed by atoms with Gasteiger partial charge < -0.3 is 20.6 Å². The van der Waals surface area contributed by atoms with E-state index in [2.05, 4.69) is 5.32 Å². The van der Waals surface area contributed by atoms with E-state index in [4.69, 9.17) is 0 Å².